The smallest absolute Gasteiger partial charge is 0.256 e. The molecule has 3 heterocycles. The Labute approximate surface area is 210 Å². The lowest BCUT2D eigenvalue weighted by Crippen LogP contribution is -2.28. The molecule has 3 N–H and O–H groups in total. The lowest BCUT2D eigenvalue weighted by molar-refractivity contribution is -0.110. The van der Waals surface area contributed by atoms with Crippen LogP contribution in [0.1, 0.15) is 46.6 Å². The topological polar surface area (TPSA) is 77.2 Å². The van der Waals surface area contributed by atoms with Crippen molar-refractivity contribution >= 4 is 40.8 Å². The zero-order chi connectivity index (χ0) is 24.4. The highest BCUT2D eigenvalue weighted by Gasteiger charge is 2.28. The van der Waals surface area contributed by atoms with Gasteiger partial charge in [0.2, 0.25) is 0 Å². The predicted octanol–water partition coefficient (Wildman–Crippen LogP) is 5.35. The van der Waals surface area contributed by atoms with Crippen molar-refractivity contribution in [3.05, 3.63) is 76.1 Å². The highest BCUT2D eigenvalue weighted by molar-refractivity contribution is 6.38. The van der Waals surface area contributed by atoms with E-state index in [-0.39, 0.29) is 11.8 Å². The number of aromatic amines is 1. The van der Waals surface area contributed by atoms with Crippen LogP contribution in [0.15, 0.2) is 48.5 Å². The summed E-state index contributed by atoms with van der Waals surface area (Å²) in [6.07, 6.45) is 5.22. The van der Waals surface area contributed by atoms with Crippen molar-refractivity contribution in [3.63, 3.8) is 0 Å². The number of hydrogen-bond donors (Lipinski definition) is 3. The number of carbonyl (C=O) groups is 2. The second-order valence-corrected chi connectivity index (χ2v) is 9.57. The Bertz CT molecular complexity index is 1300. The predicted molar refractivity (Wildman–Crippen MR) is 142 cm³/mol. The van der Waals surface area contributed by atoms with Crippen LogP contribution in [-0.4, -0.2) is 47.9 Å². The highest BCUT2D eigenvalue weighted by atomic mass is 35.5. The zero-order valence-corrected chi connectivity index (χ0v) is 20.5. The van der Waals surface area contributed by atoms with Gasteiger partial charge < -0.3 is 20.5 Å². The maximum Gasteiger partial charge on any atom is 0.256 e. The molecule has 2 aliphatic heterocycles. The monoisotopic (exact) mass is 488 g/mol. The number of benzene rings is 2. The van der Waals surface area contributed by atoms with Crippen molar-refractivity contribution < 1.29 is 9.59 Å². The summed E-state index contributed by atoms with van der Waals surface area (Å²) >= 11 is 6.49. The van der Waals surface area contributed by atoms with Crippen molar-refractivity contribution in [3.8, 4) is 11.1 Å². The first-order valence-corrected chi connectivity index (χ1v) is 12.5. The number of rotatable bonds is 7. The molecule has 0 unspecified atom stereocenters. The number of aromatic nitrogens is 1. The summed E-state index contributed by atoms with van der Waals surface area (Å²) in [7, 11) is 0. The number of H-pyrrole nitrogens is 1. The van der Waals surface area contributed by atoms with Gasteiger partial charge >= 0.3 is 0 Å². The van der Waals surface area contributed by atoms with Crippen molar-refractivity contribution in [1.29, 1.82) is 0 Å². The number of amides is 2. The zero-order valence-electron chi connectivity index (χ0n) is 19.8. The number of hydrogen-bond acceptors (Lipinski definition) is 3. The Hall–Kier alpha value is -3.35. The molecule has 0 saturated carbocycles. The molecule has 0 spiro atoms. The van der Waals surface area contributed by atoms with Crippen LogP contribution in [0.4, 0.5) is 5.69 Å². The molecule has 1 aromatic heterocycles. The van der Waals surface area contributed by atoms with E-state index in [0.717, 1.165) is 54.1 Å². The van der Waals surface area contributed by atoms with E-state index in [1.54, 1.807) is 6.08 Å². The Balaban J connectivity index is 1.42. The van der Waals surface area contributed by atoms with E-state index in [1.807, 2.05) is 55.5 Å². The van der Waals surface area contributed by atoms with E-state index in [4.69, 9.17) is 11.6 Å². The van der Waals surface area contributed by atoms with Crippen molar-refractivity contribution in [2.45, 2.75) is 26.2 Å². The lowest BCUT2D eigenvalue weighted by Gasteiger charge is -2.14. The van der Waals surface area contributed by atoms with Crippen molar-refractivity contribution in [2.24, 2.45) is 0 Å². The van der Waals surface area contributed by atoms with Crippen LogP contribution in [0.5, 0.6) is 0 Å². The molecule has 35 heavy (non-hydrogen) atoms. The van der Waals surface area contributed by atoms with Crippen LogP contribution in [0.25, 0.3) is 22.8 Å². The van der Waals surface area contributed by atoms with Crippen LogP contribution in [-0.2, 0) is 4.79 Å². The summed E-state index contributed by atoms with van der Waals surface area (Å²) in [4.78, 5) is 31.7. The normalized spacial score (nSPS) is 16.5. The molecule has 3 aromatic rings. The number of halogens is 1. The van der Waals surface area contributed by atoms with Crippen LogP contribution in [0, 0.1) is 6.92 Å². The van der Waals surface area contributed by atoms with Crippen molar-refractivity contribution in [2.75, 3.05) is 31.5 Å². The van der Waals surface area contributed by atoms with Crippen LogP contribution in [0.3, 0.4) is 0 Å². The second-order valence-electron chi connectivity index (χ2n) is 9.16. The molecule has 0 aliphatic carbocycles. The van der Waals surface area contributed by atoms with Gasteiger partial charge in [-0.1, -0.05) is 41.9 Å². The molecule has 0 atom stereocenters. The molecule has 2 aliphatic rings. The molecule has 6 nitrogen and oxygen atoms in total. The number of nitrogens with zero attached hydrogens (tertiary/aromatic N) is 1. The van der Waals surface area contributed by atoms with Crippen LogP contribution < -0.4 is 10.6 Å². The molecule has 1 saturated heterocycles. The lowest BCUT2D eigenvalue weighted by atomic mass is 9.94. The fourth-order valence-corrected chi connectivity index (χ4v) is 5.19. The van der Waals surface area contributed by atoms with Gasteiger partial charge in [0.05, 0.1) is 16.8 Å². The van der Waals surface area contributed by atoms with Crippen LogP contribution >= 0.6 is 11.6 Å². The second kappa shape index (κ2) is 10.1. The average Bonchev–Trinajstić information content (AvgIpc) is 3.57. The Morgan fingerprint density at radius 3 is 2.69 bits per heavy atom. The quantitative estimate of drug-likeness (QED) is 0.310. The molecule has 180 valence electrons. The van der Waals surface area contributed by atoms with Gasteiger partial charge in [-0.2, -0.15) is 0 Å². The first-order chi connectivity index (χ1) is 17.0. The molecule has 5 rings (SSSR count). The standard InChI is InChI=1S/C28H29ClN4O2/c1-18-16-21(27(34)30-12-7-15-33-13-4-5-14-33)25(31-18)17-22-26-20(19-8-2-3-10-23(19)29)9-6-11-24(26)32-28(22)35/h2-3,6,8-11,16-17,31H,4-5,7,12-15H2,1H3,(H,30,34)(H,32,35). The van der Waals surface area contributed by atoms with E-state index >= 15 is 0 Å². The van der Waals surface area contributed by atoms with E-state index < -0.39 is 0 Å². The van der Waals surface area contributed by atoms with E-state index in [9.17, 15) is 9.59 Å². The fourth-order valence-electron chi connectivity index (χ4n) is 4.95. The molecule has 2 aromatic carbocycles. The number of aryl methyl sites for hydroxylation is 1. The summed E-state index contributed by atoms with van der Waals surface area (Å²) in [5, 5.41) is 6.61. The Kier molecular flexibility index (Phi) is 6.75. The molecular formula is C28H29ClN4O2. The van der Waals surface area contributed by atoms with Gasteiger partial charge in [-0.15, -0.1) is 0 Å². The van der Waals surface area contributed by atoms with Gasteiger partial charge in [0.15, 0.2) is 0 Å². The van der Waals surface area contributed by atoms with Gasteiger partial charge in [0.25, 0.3) is 11.8 Å². The molecule has 7 heteroatoms. The Morgan fingerprint density at radius 2 is 1.89 bits per heavy atom. The molecular weight excluding hydrogens is 460 g/mol. The third kappa shape index (κ3) is 4.90. The average molecular weight is 489 g/mol. The van der Waals surface area contributed by atoms with E-state index in [2.05, 4.69) is 20.5 Å². The minimum Gasteiger partial charge on any atom is -0.358 e. The van der Waals surface area contributed by atoms with Crippen LogP contribution in [0.2, 0.25) is 5.02 Å². The van der Waals surface area contributed by atoms with Gasteiger partial charge in [0.1, 0.15) is 0 Å². The Morgan fingerprint density at radius 1 is 1.11 bits per heavy atom. The van der Waals surface area contributed by atoms with E-state index in [1.165, 1.54) is 12.8 Å². The number of anilines is 1. The largest absolute Gasteiger partial charge is 0.358 e. The van der Waals surface area contributed by atoms with Crippen molar-refractivity contribution in [1.82, 2.24) is 15.2 Å². The summed E-state index contributed by atoms with van der Waals surface area (Å²) in [6, 6.07) is 15.2. The summed E-state index contributed by atoms with van der Waals surface area (Å²) < 4.78 is 0. The van der Waals surface area contributed by atoms with Gasteiger partial charge in [-0.3, -0.25) is 9.59 Å². The maximum absolute atomic E-state index is 13.0. The number of fused-ring (bicyclic) bond motifs is 1. The molecule has 0 radical (unpaired) electrons. The summed E-state index contributed by atoms with van der Waals surface area (Å²) in [5.41, 5.74) is 5.75. The van der Waals surface area contributed by atoms with E-state index in [0.29, 0.717) is 28.4 Å². The number of likely N-dealkylation sites (tertiary alicyclic amines) is 1. The first kappa shape index (κ1) is 23.4. The maximum atomic E-state index is 13.0. The summed E-state index contributed by atoms with van der Waals surface area (Å²) in [5.74, 6) is -0.343. The van der Waals surface area contributed by atoms with Gasteiger partial charge in [0, 0.05) is 34.1 Å². The molecule has 1 fully saturated rings. The molecule has 2 amide bonds. The molecule has 0 bridgehead atoms. The minimum absolute atomic E-state index is 0.138. The van der Waals surface area contributed by atoms with Gasteiger partial charge in [-0.05, 0) is 75.7 Å². The first-order valence-electron chi connectivity index (χ1n) is 12.1. The third-order valence-electron chi connectivity index (χ3n) is 6.64. The number of carbonyl (C=O) groups excluding carboxylic acids is 2. The minimum atomic E-state index is -0.205. The number of nitrogens with one attached hydrogen (secondary N) is 3. The summed E-state index contributed by atoms with van der Waals surface area (Å²) in [6.45, 7) is 5.84. The SMILES string of the molecule is Cc1cc(C(=O)NCCCN2CCCC2)c(C=C2C(=O)Nc3cccc(-c4ccccc4Cl)c32)[nH]1. The highest BCUT2D eigenvalue weighted by Crippen LogP contribution is 2.42. The third-order valence-corrected chi connectivity index (χ3v) is 6.97. The fraction of sp³-hybridized carbons (Fsp3) is 0.286. The van der Waals surface area contributed by atoms with Gasteiger partial charge in [-0.25, -0.2) is 0 Å².